The van der Waals surface area contributed by atoms with Crippen LogP contribution in [-0.2, 0) is 11.4 Å². The van der Waals surface area contributed by atoms with Crippen molar-refractivity contribution in [3.63, 3.8) is 0 Å². The SMILES string of the molecule is CC(C)NC(=O)CN1CCC(COc2ncc(-c3cccc(CO)c3F)cn2)CC1. The monoisotopic (exact) mass is 416 g/mol. The van der Waals surface area contributed by atoms with Gasteiger partial charge in [0.05, 0.1) is 19.8 Å². The van der Waals surface area contributed by atoms with Crippen molar-refractivity contribution in [3.05, 3.63) is 42.0 Å². The van der Waals surface area contributed by atoms with E-state index in [1.807, 2.05) is 13.8 Å². The molecular weight excluding hydrogens is 387 g/mol. The fourth-order valence-corrected chi connectivity index (χ4v) is 3.53. The van der Waals surface area contributed by atoms with Crippen LogP contribution in [0.2, 0.25) is 0 Å². The topological polar surface area (TPSA) is 87.6 Å². The molecule has 0 unspecified atom stereocenters. The number of likely N-dealkylation sites (tertiary alicyclic amines) is 1. The fraction of sp³-hybridized carbons (Fsp3) is 0.500. The van der Waals surface area contributed by atoms with E-state index >= 15 is 0 Å². The molecule has 2 heterocycles. The average molecular weight is 416 g/mol. The number of aromatic nitrogens is 2. The number of piperidine rings is 1. The van der Waals surface area contributed by atoms with Gasteiger partial charge in [-0.3, -0.25) is 9.69 Å². The molecule has 1 aromatic carbocycles. The molecule has 7 nitrogen and oxygen atoms in total. The third-order valence-electron chi connectivity index (χ3n) is 5.16. The van der Waals surface area contributed by atoms with Gasteiger partial charge < -0.3 is 15.2 Å². The summed E-state index contributed by atoms with van der Waals surface area (Å²) in [7, 11) is 0. The summed E-state index contributed by atoms with van der Waals surface area (Å²) in [5.74, 6) is -0.0170. The van der Waals surface area contributed by atoms with Crippen molar-refractivity contribution in [1.29, 1.82) is 0 Å². The summed E-state index contributed by atoms with van der Waals surface area (Å²) in [6.07, 6.45) is 4.95. The molecule has 1 aromatic heterocycles. The number of carbonyl (C=O) groups is 1. The number of benzene rings is 1. The summed E-state index contributed by atoms with van der Waals surface area (Å²) in [4.78, 5) is 22.4. The first-order valence-corrected chi connectivity index (χ1v) is 10.3. The van der Waals surface area contributed by atoms with Gasteiger partial charge >= 0.3 is 6.01 Å². The van der Waals surface area contributed by atoms with E-state index in [1.165, 1.54) is 12.4 Å². The van der Waals surface area contributed by atoms with Crippen LogP contribution in [0.3, 0.4) is 0 Å². The van der Waals surface area contributed by atoms with Gasteiger partial charge in [-0.15, -0.1) is 0 Å². The van der Waals surface area contributed by atoms with Gasteiger partial charge in [0.25, 0.3) is 0 Å². The maximum absolute atomic E-state index is 14.3. The summed E-state index contributed by atoms with van der Waals surface area (Å²) in [6, 6.07) is 5.27. The Kier molecular flexibility index (Phi) is 7.70. The number of nitrogens with one attached hydrogen (secondary N) is 1. The molecule has 162 valence electrons. The number of carbonyl (C=O) groups excluding carboxylic acids is 1. The van der Waals surface area contributed by atoms with E-state index in [-0.39, 0.29) is 30.1 Å². The summed E-state index contributed by atoms with van der Waals surface area (Å²) in [6.45, 7) is 6.23. The van der Waals surface area contributed by atoms with Crippen molar-refractivity contribution in [1.82, 2.24) is 20.2 Å². The lowest BCUT2D eigenvalue weighted by Crippen LogP contribution is -2.43. The zero-order valence-electron chi connectivity index (χ0n) is 17.5. The van der Waals surface area contributed by atoms with Crippen LogP contribution in [0.5, 0.6) is 6.01 Å². The van der Waals surface area contributed by atoms with Crippen molar-refractivity contribution in [2.45, 2.75) is 39.3 Å². The second-order valence-electron chi connectivity index (χ2n) is 7.94. The van der Waals surface area contributed by atoms with E-state index in [0.29, 0.717) is 30.2 Å². The molecule has 1 saturated heterocycles. The minimum atomic E-state index is -0.467. The number of ether oxygens (including phenoxy) is 1. The number of nitrogens with zero attached hydrogens (tertiary/aromatic N) is 3. The molecular formula is C22H29FN4O3. The van der Waals surface area contributed by atoms with E-state index < -0.39 is 5.82 Å². The molecule has 0 bridgehead atoms. The van der Waals surface area contributed by atoms with E-state index in [0.717, 1.165) is 25.9 Å². The van der Waals surface area contributed by atoms with Gasteiger partial charge in [-0.25, -0.2) is 14.4 Å². The fourth-order valence-electron chi connectivity index (χ4n) is 3.53. The predicted octanol–water partition coefficient (Wildman–Crippen LogP) is 2.39. The van der Waals surface area contributed by atoms with Gasteiger partial charge in [0.1, 0.15) is 5.82 Å². The molecule has 2 aromatic rings. The Morgan fingerprint density at radius 1 is 1.30 bits per heavy atom. The largest absolute Gasteiger partial charge is 0.463 e. The highest BCUT2D eigenvalue weighted by atomic mass is 19.1. The maximum Gasteiger partial charge on any atom is 0.316 e. The molecule has 0 saturated carbocycles. The Morgan fingerprint density at radius 3 is 2.63 bits per heavy atom. The average Bonchev–Trinajstić information content (AvgIpc) is 2.73. The highest BCUT2D eigenvalue weighted by Gasteiger charge is 2.22. The van der Waals surface area contributed by atoms with E-state index in [4.69, 9.17) is 4.74 Å². The Morgan fingerprint density at radius 2 is 2.00 bits per heavy atom. The molecule has 3 rings (SSSR count). The van der Waals surface area contributed by atoms with Crippen LogP contribution >= 0.6 is 0 Å². The second kappa shape index (κ2) is 10.4. The van der Waals surface area contributed by atoms with Gasteiger partial charge in [-0.2, -0.15) is 0 Å². The lowest BCUT2D eigenvalue weighted by molar-refractivity contribution is -0.123. The molecule has 30 heavy (non-hydrogen) atoms. The number of amides is 1. The van der Waals surface area contributed by atoms with Gasteiger partial charge in [-0.05, 0) is 45.7 Å². The number of halogens is 1. The third kappa shape index (κ3) is 5.96. The van der Waals surface area contributed by atoms with Crippen LogP contribution in [-0.4, -0.2) is 58.2 Å². The standard InChI is InChI=1S/C22H29FN4O3/c1-15(2)26-20(29)12-27-8-6-16(7-9-27)14-30-22-24-10-18(11-25-22)19-5-3-4-17(13-28)21(19)23/h3-5,10-11,15-16,28H,6-9,12-14H2,1-2H3,(H,26,29). The molecule has 0 aliphatic carbocycles. The maximum atomic E-state index is 14.3. The number of aliphatic hydroxyl groups is 1. The molecule has 0 atom stereocenters. The number of hydrogen-bond donors (Lipinski definition) is 2. The van der Waals surface area contributed by atoms with Crippen molar-refractivity contribution in [2.24, 2.45) is 5.92 Å². The number of aliphatic hydroxyl groups excluding tert-OH is 1. The van der Waals surface area contributed by atoms with E-state index in [2.05, 4.69) is 20.2 Å². The first-order chi connectivity index (χ1) is 14.5. The van der Waals surface area contributed by atoms with Crippen molar-refractivity contribution < 1.29 is 19.0 Å². The summed E-state index contributed by atoms with van der Waals surface area (Å²) in [5, 5.41) is 12.1. The first kappa shape index (κ1) is 22.1. The second-order valence-corrected chi connectivity index (χ2v) is 7.94. The minimum Gasteiger partial charge on any atom is -0.463 e. The molecule has 1 aliphatic rings. The quantitative estimate of drug-likeness (QED) is 0.687. The van der Waals surface area contributed by atoms with Crippen molar-refractivity contribution >= 4 is 5.91 Å². The lowest BCUT2D eigenvalue weighted by atomic mass is 9.98. The smallest absolute Gasteiger partial charge is 0.316 e. The lowest BCUT2D eigenvalue weighted by Gasteiger charge is -2.31. The number of hydrogen-bond acceptors (Lipinski definition) is 6. The molecule has 1 aliphatic heterocycles. The molecule has 0 radical (unpaired) electrons. The Balaban J connectivity index is 1.47. The summed E-state index contributed by atoms with van der Waals surface area (Å²) < 4.78 is 20.1. The van der Waals surface area contributed by atoms with Crippen LogP contribution in [0.15, 0.2) is 30.6 Å². The molecule has 8 heteroatoms. The molecule has 0 spiro atoms. The van der Waals surface area contributed by atoms with Gasteiger partial charge in [0, 0.05) is 35.1 Å². The normalized spacial score (nSPS) is 15.4. The molecule has 2 N–H and O–H groups in total. The van der Waals surface area contributed by atoms with Crippen molar-refractivity contribution in [2.75, 3.05) is 26.2 Å². The zero-order chi connectivity index (χ0) is 21.5. The van der Waals surface area contributed by atoms with Gasteiger partial charge in [0.15, 0.2) is 0 Å². The summed E-state index contributed by atoms with van der Waals surface area (Å²) >= 11 is 0. The van der Waals surface area contributed by atoms with Crippen LogP contribution in [0.25, 0.3) is 11.1 Å². The van der Waals surface area contributed by atoms with Crippen molar-refractivity contribution in [3.8, 4) is 17.1 Å². The van der Waals surface area contributed by atoms with E-state index in [9.17, 15) is 14.3 Å². The van der Waals surface area contributed by atoms with Gasteiger partial charge in [-0.1, -0.05) is 18.2 Å². The molecule has 1 amide bonds. The predicted molar refractivity (Wildman–Crippen MR) is 111 cm³/mol. The number of rotatable bonds is 8. The molecule has 1 fully saturated rings. The minimum absolute atomic E-state index is 0.0640. The highest BCUT2D eigenvalue weighted by Crippen LogP contribution is 2.25. The Hall–Kier alpha value is -2.58. The Bertz CT molecular complexity index is 837. The zero-order valence-corrected chi connectivity index (χ0v) is 17.5. The Labute approximate surface area is 176 Å². The van der Waals surface area contributed by atoms with E-state index in [1.54, 1.807) is 18.2 Å². The summed E-state index contributed by atoms with van der Waals surface area (Å²) in [5.41, 5.74) is 1.12. The van der Waals surface area contributed by atoms with Crippen LogP contribution in [0.1, 0.15) is 32.3 Å². The van der Waals surface area contributed by atoms with Crippen LogP contribution < -0.4 is 10.1 Å². The third-order valence-corrected chi connectivity index (χ3v) is 5.16. The van der Waals surface area contributed by atoms with Crippen LogP contribution in [0.4, 0.5) is 4.39 Å². The highest BCUT2D eigenvalue weighted by molar-refractivity contribution is 5.78. The van der Waals surface area contributed by atoms with Crippen LogP contribution in [0, 0.1) is 11.7 Å². The van der Waals surface area contributed by atoms with Gasteiger partial charge in [0.2, 0.25) is 5.91 Å². The first-order valence-electron chi connectivity index (χ1n) is 10.3.